The number of amides is 1. The van der Waals surface area contributed by atoms with E-state index in [0.29, 0.717) is 11.3 Å². The molecule has 1 aliphatic carbocycles. The minimum Gasteiger partial charge on any atom is -0.326 e. The van der Waals surface area contributed by atoms with Gasteiger partial charge in [0.1, 0.15) is 4.83 Å². The Kier molecular flexibility index (Phi) is 5.09. The Morgan fingerprint density at radius 3 is 2.68 bits per heavy atom. The lowest BCUT2D eigenvalue weighted by Crippen LogP contribution is -2.24. The molecule has 3 aromatic rings. The van der Waals surface area contributed by atoms with Gasteiger partial charge in [0.05, 0.1) is 11.7 Å². The van der Waals surface area contributed by atoms with Gasteiger partial charge in [-0.1, -0.05) is 0 Å². The molecule has 0 bridgehead atoms. The number of fused-ring (bicyclic) bond motifs is 3. The molecule has 2 heterocycles. The number of nitrogens with zero attached hydrogens (tertiary/aromatic N) is 2. The van der Waals surface area contributed by atoms with Crippen LogP contribution >= 0.6 is 11.3 Å². The summed E-state index contributed by atoms with van der Waals surface area (Å²) < 4.78 is 1.53. The van der Waals surface area contributed by atoms with Crippen LogP contribution in [0.2, 0.25) is 0 Å². The Labute approximate surface area is 166 Å². The van der Waals surface area contributed by atoms with Crippen molar-refractivity contribution in [2.24, 2.45) is 0 Å². The summed E-state index contributed by atoms with van der Waals surface area (Å²) >= 11 is 1.62. The van der Waals surface area contributed by atoms with Gasteiger partial charge < -0.3 is 5.32 Å². The summed E-state index contributed by atoms with van der Waals surface area (Å²) in [6.45, 7) is 1.78. The first kappa shape index (κ1) is 18.6. The molecule has 2 aromatic heterocycles. The van der Waals surface area contributed by atoms with E-state index >= 15 is 0 Å². The van der Waals surface area contributed by atoms with E-state index in [0.717, 1.165) is 35.0 Å². The average Bonchev–Trinajstić information content (AvgIpc) is 3.07. The molecular weight excluding hydrogens is 374 g/mol. The molecule has 1 amide bonds. The molecule has 6 nitrogen and oxygen atoms in total. The van der Waals surface area contributed by atoms with E-state index in [1.165, 1.54) is 22.8 Å². The predicted octanol–water partition coefficient (Wildman–Crippen LogP) is 3.57. The third-order valence-electron chi connectivity index (χ3n) is 5.10. The number of thiophene rings is 1. The number of rotatable bonds is 5. The highest BCUT2D eigenvalue weighted by Crippen LogP contribution is 2.33. The monoisotopic (exact) mass is 395 g/mol. The molecule has 0 unspecified atom stereocenters. The molecule has 1 aliphatic rings. The van der Waals surface area contributed by atoms with E-state index in [1.807, 2.05) is 0 Å². The van der Waals surface area contributed by atoms with Crippen molar-refractivity contribution in [2.75, 3.05) is 5.32 Å². The van der Waals surface area contributed by atoms with Gasteiger partial charge in [-0.2, -0.15) is 0 Å². The first-order chi connectivity index (χ1) is 13.5. The lowest BCUT2D eigenvalue weighted by atomic mass is 9.97. The molecule has 1 aromatic carbocycles. The highest BCUT2D eigenvalue weighted by molar-refractivity contribution is 7.18. The minimum atomic E-state index is -0.185. The highest BCUT2D eigenvalue weighted by Gasteiger charge is 2.20. The van der Waals surface area contributed by atoms with Crippen molar-refractivity contribution in [3.8, 4) is 0 Å². The number of aromatic nitrogens is 2. The summed E-state index contributed by atoms with van der Waals surface area (Å²) in [7, 11) is 0. The van der Waals surface area contributed by atoms with Gasteiger partial charge in [0, 0.05) is 29.1 Å². The molecule has 144 valence electrons. The molecular formula is C21H21N3O3S. The van der Waals surface area contributed by atoms with Crippen molar-refractivity contribution >= 4 is 38.9 Å². The number of anilines is 1. The van der Waals surface area contributed by atoms with Crippen LogP contribution in [0, 0.1) is 0 Å². The van der Waals surface area contributed by atoms with Gasteiger partial charge in [0.2, 0.25) is 5.91 Å². The van der Waals surface area contributed by atoms with Crippen LogP contribution in [0.25, 0.3) is 10.2 Å². The van der Waals surface area contributed by atoms with Crippen LogP contribution in [0.1, 0.15) is 47.0 Å². The third-order valence-corrected chi connectivity index (χ3v) is 6.30. The van der Waals surface area contributed by atoms with Crippen molar-refractivity contribution in [3.05, 3.63) is 57.0 Å². The van der Waals surface area contributed by atoms with Crippen LogP contribution in [0.5, 0.6) is 0 Å². The van der Waals surface area contributed by atoms with Gasteiger partial charge >= 0.3 is 0 Å². The van der Waals surface area contributed by atoms with Crippen molar-refractivity contribution in [1.29, 1.82) is 0 Å². The summed E-state index contributed by atoms with van der Waals surface area (Å²) in [6.07, 6.45) is 5.96. The SMILES string of the molecule is CC(=O)c1ccc(NC(=O)CCn2cnc3sc4c(c3c2=O)CCCC4)cc1. The molecule has 0 saturated carbocycles. The largest absolute Gasteiger partial charge is 0.326 e. The molecule has 0 saturated heterocycles. The number of hydrogen-bond donors (Lipinski definition) is 1. The molecule has 7 heteroatoms. The zero-order valence-corrected chi connectivity index (χ0v) is 16.5. The Hall–Kier alpha value is -2.80. The Balaban J connectivity index is 1.46. The molecule has 28 heavy (non-hydrogen) atoms. The summed E-state index contributed by atoms with van der Waals surface area (Å²) in [5, 5.41) is 3.53. The summed E-state index contributed by atoms with van der Waals surface area (Å²) in [5.74, 6) is -0.203. The number of carbonyl (C=O) groups is 2. The van der Waals surface area contributed by atoms with Crippen LogP contribution in [-0.4, -0.2) is 21.2 Å². The predicted molar refractivity (Wildman–Crippen MR) is 110 cm³/mol. The molecule has 1 N–H and O–H groups in total. The standard InChI is InChI=1S/C21H21N3O3S/c1-13(25)14-6-8-15(9-7-14)23-18(26)10-11-24-12-22-20-19(21(24)27)16-4-2-3-5-17(16)28-20/h6-9,12H,2-5,10-11H2,1H3,(H,23,26). The maximum atomic E-state index is 12.9. The van der Waals surface area contributed by atoms with Crippen molar-refractivity contribution in [3.63, 3.8) is 0 Å². The van der Waals surface area contributed by atoms with Gasteiger partial charge in [0.25, 0.3) is 5.56 Å². The second kappa shape index (κ2) is 7.67. The smallest absolute Gasteiger partial charge is 0.262 e. The van der Waals surface area contributed by atoms with Crippen molar-refractivity contribution < 1.29 is 9.59 Å². The fraction of sp³-hybridized carbons (Fsp3) is 0.333. The fourth-order valence-corrected chi connectivity index (χ4v) is 4.79. The molecule has 0 spiro atoms. The maximum Gasteiger partial charge on any atom is 0.262 e. The van der Waals surface area contributed by atoms with Gasteiger partial charge in [-0.05, 0) is 62.4 Å². The first-order valence-corrected chi connectivity index (χ1v) is 10.2. The van der Waals surface area contributed by atoms with E-state index in [1.54, 1.807) is 41.9 Å². The second-order valence-corrected chi connectivity index (χ2v) is 8.15. The number of aryl methyl sites for hydroxylation is 3. The van der Waals surface area contributed by atoms with Crippen molar-refractivity contribution in [2.45, 2.75) is 45.6 Å². The van der Waals surface area contributed by atoms with E-state index in [-0.39, 0.29) is 30.2 Å². The van der Waals surface area contributed by atoms with Gasteiger partial charge in [-0.15, -0.1) is 11.3 Å². The van der Waals surface area contributed by atoms with E-state index in [9.17, 15) is 14.4 Å². The zero-order chi connectivity index (χ0) is 19.7. The zero-order valence-electron chi connectivity index (χ0n) is 15.7. The average molecular weight is 395 g/mol. The fourth-order valence-electron chi connectivity index (χ4n) is 3.57. The van der Waals surface area contributed by atoms with Crippen LogP contribution in [0.4, 0.5) is 5.69 Å². The number of Topliss-reactive ketones (excluding diaryl/α,β-unsaturated/α-hetero) is 1. The number of benzene rings is 1. The number of carbonyl (C=O) groups excluding carboxylic acids is 2. The van der Waals surface area contributed by atoms with Crippen LogP contribution in [0.15, 0.2) is 35.4 Å². The summed E-state index contributed by atoms with van der Waals surface area (Å²) in [6, 6.07) is 6.76. The third kappa shape index (κ3) is 3.62. The van der Waals surface area contributed by atoms with Crippen LogP contribution in [-0.2, 0) is 24.2 Å². The summed E-state index contributed by atoms with van der Waals surface area (Å²) in [4.78, 5) is 43.0. The van der Waals surface area contributed by atoms with Crippen LogP contribution < -0.4 is 10.9 Å². The quantitative estimate of drug-likeness (QED) is 0.670. The Morgan fingerprint density at radius 2 is 1.93 bits per heavy atom. The Bertz CT molecular complexity index is 1110. The molecule has 0 fully saturated rings. The van der Waals surface area contributed by atoms with Crippen LogP contribution in [0.3, 0.4) is 0 Å². The number of ketones is 1. The van der Waals surface area contributed by atoms with Crippen molar-refractivity contribution in [1.82, 2.24) is 9.55 Å². The molecule has 0 atom stereocenters. The summed E-state index contributed by atoms with van der Waals surface area (Å²) in [5.41, 5.74) is 2.34. The minimum absolute atomic E-state index is 0.0178. The van der Waals surface area contributed by atoms with E-state index < -0.39 is 0 Å². The van der Waals surface area contributed by atoms with Gasteiger partial charge in [-0.25, -0.2) is 4.98 Å². The van der Waals surface area contributed by atoms with Gasteiger partial charge in [-0.3, -0.25) is 19.0 Å². The molecule has 4 rings (SSSR count). The van der Waals surface area contributed by atoms with Gasteiger partial charge in [0.15, 0.2) is 5.78 Å². The number of hydrogen-bond acceptors (Lipinski definition) is 5. The molecule has 0 radical (unpaired) electrons. The lowest BCUT2D eigenvalue weighted by Gasteiger charge is -2.10. The Morgan fingerprint density at radius 1 is 1.18 bits per heavy atom. The molecule has 0 aliphatic heterocycles. The maximum absolute atomic E-state index is 12.9. The van der Waals surface area contributed by atoms with E-state index in [4.69, 9.17) is 0 Å². The normalized spacial score (nSPS) is 13.3. The second-order valence-electron chi connectivity index (χ2n) is 7.07. The lowest BCUT2D eigenvalue weighted by molar-refractivity contribution is -0.116. The highest BCUT2D eigenvalue weighted by atomic mass is 32.1. The number of nitrogens with one attached hydrogen (secondary N) is 1. The van der Waals surface area contributed by atoms with E-state index in [2.05, 4.69) is 10.3 Å². The topological polar surface area (TPSA) is 81.1 Å². The first-order valence-electron chi connectivity index (χ1n) is 9.43.